The minimum absolute atomic E-state index is 0.00770. The predicted octanol–water partition coefficient (Wildman–Crippen LogP) is 0.644. The molecule has 1 aromatic heterocycles. The van der Waals surface area contributed by atoms with Crippen molar-refractivity contribution < 1.29 is 14.3 Å². The van der Waals surface area contributed by atoms with E-state index in [1.165, 1.54) is 23.6 Å². The van der Waals surface area contributed by atoms with Gasteiger partial charge in [-0.15, -0.1) is 0 Å². The fraction of sp³-hybridized carbons (Fsp3) is 0.500. The second-order valence-electron chi connectivity index (χ2n) is 4.10. The number of esters is 1. The molecule has 1 aromatic rings. The highest BCUT2D eigenvalue weighted by Gasteiger charge is 2.34. The molecule has 18 heavy (non-hydrogen) atoms. The molecule has 96 valence electrons. The topological polar surface area (TPSA) is 72.4 Å². The molecule has 1 aliphatic carbocycles. The minimum Gasteiger partial charge on any atom is -0.465 e. The molecule has 0 unspecified atom stereocenters. The summed E-state index contributed by atoms with van der Waals surface area (Å²) in [6, 6.07) is 0.141. The maximum atomic E-state index is 12.2. The van der Waals surface area contributed by atoms with Crippen LogP contribution in [0.25, 0.3) is 0 Å². The van der Waals surface area contributed by atoms with Gasteiger partial charge in [0.25, 0.3) is 5.91 Å². The van der Waals surface area contributed by atoms with E-state index in [1.807, 2.05) is 0 Å². The maximum absolute atomic E-state index is 12.2. The molecule has 0 atom stereocenters. The fourth-order valence-electron chi connectivity index (χ4n) is 1.67. The molecule has 0 aliphatic heterocycles. The van der Waals surface area contributed by atoms with Gasteiger partial charge in [0.1, 0.15) is 12.9 Å². The van der Waals surface area contributed by atoms with Gasteiger partial charge in [0.15, 0.2) is 0 Å². The first-order valence-corrected chi connectivity index (χ1v) is 5.94. The van der Waals surface area contributed by atoms with Gasteiger partial charge >= 0.3 is 5.97 Å². The summed E-state index contributed by atoms with van der Waals surface area (Å²) in [6.07, 6.45) is 6.13. The number of carbonyl (C=O) groups excluding carboxylic acids is 2. The summed E-state index contributed by atoms with van der Waals surface area (Å²) in [5.74, 6) is -0.597. The van der Waals surface area contributed by atoms with Crippen molar-refractivity contribution in [3.05, 3.63) is 24.3 Å². The summed E-state index contributed by atoms with van der Waals surface area (Å²) < 4.78 is 4.87. The SMILES string of the molecule is CCOC(=O)CN(C(=O)c1cncnc1)C1CC1. The molecule has 6 heteroatoms. The molecule has 0 spiro atoms. The highest BCUT2D eigenvalue weighted by Crippen LogP contribution is 2.27. The monoisotopic (exact) mass is 249 g/mol. The summed E-state index contributed by atoms with van der Waals surface area (Å²) in [7, 11) is 0. The number of hydrogen-bond acceptors (Lipinski definition) is 5. The summed E-state index contributed by atoms with van der Waals surface area (Å²) in [5, 5.41) is 0. The van der Waals surface area contributed by atoms with E-state index >= 15 is 0 Å². The lowest BCUT2D eigenvalue weighted by Crippen LogP contribution is -2.38. The Kier molecular flexibility index (Phi) is 3.86. The van der Waals surface area contributed by atoms with Gasteiger partial charge in [-0.25, -0.2) is 9.97 Å². The van der Waals surface area contributed by atoms with Crippen LogP contribution in [0.4, 0.5) is 0 Å². The van der Waals surface area contributed by atoms with E-state index in [2.05, 4.69) is 9.97 Å². The van der Waals surface area contributed by atoms with Crippen molar-refractivity contribution in [2.75, 3.05) is 13.2 Å². The van der Waals surface area contributed by atoms with Crippen LogP contribution in [-0.2, 0) is 9.53 Å². The van der Waals surface area contributed by atoms with E-state index in [4.69, 9.17) is 4.74 Å². The molecular weight excluding hydrogens is 234 g/mol. The lowest BCUT2D eigenvalue weighted by Gasteiger charge is -2.20. The molecule has 1 heterocycles. The molecule has 1 fully saturated rings. The van der Waals surface area contributed by atoms with Crippen LogP contribution in [0.15, 0.2) is 18.7 Å². The number of nitrogens with zero attached hydrogens (tertiary/aromatic N) is 3. The highest BCUT2D eigenvalue weighted by atomic mass is 16.5. The molecule has 0 radical (unpaired) electrons. The Morgan fingerprint density at radius 2 is 2.06 bits per heavy atom. The van der Waals surface area contributed by atoms with Gasteiger partial charge < -0.3 is 9.64 Å². The van der Waals surface area contributed by atoms with Crippen LogP contribution in [0.2, 0.25) is 0 Å². The quantitative estimate of drug-likeness (QED) is 0.716. The lowest BCUT2D eigenvalue weighted by atomic mass is 10.3. The van der Waals surface area contributed by atoms with E-state index in [0.717, 1.165) is 12.8 Å². The standard InChI is InChI=1S/C12H15N3O3/c1-2-18-11(16)7-15(10-3-4-10)12(17)9-5-13-8-14-6-9/h5-6,8,10H,2-4,7H2,1H3. The van der Waals surface area contributed by atoms with Gasteiger partial charge in [-0.3, -0.25) is 9.59 Å². The first-order valence-electron chi connectivity index (χ1n) is 5.94. The first kappa shape index (κ1) is 12.5. The van der Waals surface area contributed by atoms with Crippen molar-refractivity contribution in [2.24, 2.45) is 0 Å². The second-order valence-corrected chi connectivity index (χ2v) is 4.10. The molecule has 1 amide bonds. The zero-order valence-corrected chi connectivity index (χ0v) is 10.2. The molecule has 6 nitrogen and oxygen atoms in total. The van der Waals surface area contributed by atoms with E-state index < -0.39 is 0 Å². The number of aromatic nitrogens is 2. The number of ether oxygens (including phenoxy) is 1. The van der Waals surface area contributed by atoms with Crippen molar-refractivity contribution in [2.45, 2.75) is 25.8 Å². The zero-order chi connectivity index (χ0) is 13.0. The van der Waals surface area contributed by atoms with Crippen molar-refractivity contribution in [3.63, 3.8) is 0 Å². The molecule has 0 saturated heterocycles. The maximum Gasteiger partial charge on any atom is 0.325 e. The van der Waals surface area contributed by atoms with E-state index in [1.54, 1.807) is 6.92 Å². The third-order valence-corrected chi connectivity index (χ3v) is 2.66. The van der Waals surface area contributed by atoms with Crippen LogP contribution in [0.1, 0.15) is 30.1 Å². The summed E-state index contributed by atoms with van der Waals surface area (Å²) in [5.41, 5.74) is 0.397. The number of hydrogen-bond donors (Lipinski definition) is 0. The van der Waals surface area contributed by atoms with Crippen LogP contribution in [0.3, 0.4) is 0 Å². The van der Waals surface area contributed by atoms with E-state index in [0.29, 0.717) is 12.2 Å². The zero-order valence-electron chi connectivity index (χ0n) is 10.2. The van der Waals surface area contributed by atoms with Crippen LogP contribution in [-0.4, -0.2) is 45.9 Å². The Morgan fingerprint density at radius 3 is 2.61 bits per heavy atom. The average molecular weight is 249 g/mol. The Labute approximate surface area is 105 Å². The fourth-order valence-corrected chi connectivity index (χ4v) is 1.67. The summed E-state index contributed by atoms with van der Waals surface area (Å²) in [4.78, 5) is 32.8. The van der Waals surface area contributed by atoms with Crippen molar-refractivity contribution in [3.8, 4) is 0 Å². The van der Waals surface area contributed by atoms with Crippen LogP contribution >= 0.6 is 0 Å². The Morgan fingerprint density at radius 1 is 1.39 bits per heavy atom. The average Bonchev–Trinajstić information content (AvgIpc) is 3.21. The Balaban J connectivity index is 2.06. The molecular formula is C12H15N3O3. The predicted molar refractivity (Wildman–Crippen MR) is 62.7 cm³/mol. The van der Waals surface area contributed by atoms with Gasteiger partial charge in [-0.05, 0) is 19.8 Å². The normalized spacial score (nSPS) is 14.1. The number of carbonyl (C=O) groups is 2. The van der Waals surface area contributed by atoms with Crippen molar-refractivity contribution >= 4 is 11.9 Å². The summed E-state index contributed by atoms with van der Waals surface area (Å²) >= 11 is 0. The first-order chi connectivity index (χ1) is 8.72. The summed E-state index contributed by atoms with van der Waals surface area (Å²) in [6.45, 7) is 2.05. The Bertz CT molecular complexity index is 431. The molecule has 0 N–H and O–H groups in total. The molecule has 1 saturated carbocycles. The van der Waals surface area contributed by atoms with Gasteiger partial charge in [0.05, 0.1) is 12.2 Å². The third kappa shape index (κ3) is 3.03. The van der Waals surface area contributed by atoms with Gasteiger partial charge in [-0.1, -0.05) is 0 Å². The molecule has 0 bridgehead atoms. The number of amides is 1. The molecule has 0 aromatic carbocycles. The molecule has 2 rings (SSSR count). The smallest absolute Gasteiger partial charge is 0.325 e. The van der Waals surface area contributed by atoms with Crippen LogP contribution in [0, 0.1) is 0 Å². The van der Waals surface area contributed by atoms with E-state index in [-0.39, 0.29) is 24.5 Å². The van der Waals surface area contributed by atoms with Gasteiger partial charge in [0, 0.05) is 18.4 Å². The van der Waals surface area contributed by atoms with E-state index in [9.17, 15) is 9.59 Å². The van der Waals surface area contributed by atoms with Gasteiger partial charge in [0.2, 0.25) is 0 Å². The van der Waals surface area contributed by atoms with Crippen LogP contribution < -0.4 is 0 Å². The molecule has 1 aliphatic rings. The van der Waals surface area contributed by atoms with Gasteiger partial charge in [-0.2, -0.15) is 0 Å². The van der Waals surface area contributed by atoms with Crippen molar-refractivity contribution in [1.29, 1.82) is 0 Å². The largest absolute Gasteiger partial charge is 0.465 e. The lowest BCUT2D eigenvalue weighted by molar-refractivity contribution is -0.144. The third-order valence-electron chi connectivity index (χ3n) is 2.66. The minimum atomic E-state index is -0.380. The van der Waals surface area contributed by atoms with Crippen LogP contribution in [0.5, 0.6) is 0 Å². The highest BCUT2D eigenvalue weighted by molar-refractivity contribution is 5.95. The Hall–Kier alpha value is -1.98. The van der Waals surface area contributed by atoms with Crippen molar-refractivity contribution in [1.82, 2.24) is 14.9 Å². The number of rotatable bonds is 5. The second kappa shape index (κ2) is 5.57.